The van der Waals surface area contributed by atoms with E-state index in [-0.39, 0.29) is 5.91 Å². The zero-order chi connectivity index (χ0) is 15.7. The van der Waals surface area contributed by atoms with E-state index >= 15 is 0 Å². The van der Waals surface area contributed by atoms with E-state index in [0.717, 1.165) is 43.2 Å². The van der Waals surface area contributed by atoms with Gasteiger partial charge in [-0.15, -0.1) is 0 Å². The van der Waals surface area contributed by atoms with Gasteiger partial charge in [0.2, 0.25) is 0 Å². The minimum Gasteiger partial charge on any atom is -0.339 e. The number of benzene rings is 1. The molecule has 1 aromatic carbocycles. The predicted molar refractivity (Wildman–Crippen MR) is 94.1 cm³/mol. The third-order valence-electron chi connectivity index (χ3n) is 3.46. The van der Waals surface area contributed by atoms with Crippen molar-refractivity contribution in [1.82, 2.24) is 4.90 Å². The van der Waals surface area contributed by atoms with E-state index in [1.54, 1.807) is 12.1 Å². The van der Waals surface area contributed by atoms with Gasteiger partial charge >= 0.3 is 0 Å². The lowest BCUT2D eigenvalue weighted by molar-refractivity contribution is 0.0749. The Balaban J connectivity index is 2.76. The quantitative estimate of drug-likeness (QED) is 0.491. The highest BCUT2D eigenvalue weighted by Gasteiger charge is 2.16. The summed E-state index contributed by atoms with van der Waals surface area (Å²) in [5.74, 6) is 0.0883. The van der Waals surface area contributed by atoms with Gasteiger partial charge in [0.15, 0.2) is 0 Å². The third-order valence-corrected chi connectivity index (χ3v) is 4.14. The minimum atomic E-state index is 0.0883. The molecule has 0 aliphatic carbocycles. The van der Waals surface area contributed by atoms with Crippen LogP contribution in [0.15, 0.2) is 22.7 Å². The second-order valence-corrected chi connectivity index (χ2v) is 6.72. The van der Waals surface area contributed by atoms with Crippen LogP contribution in [0.25, 0.3) is 0 Å². The zero-order valence-corrected chi connectivity index (χ0v) is 15.3. The molecule has 0 heterocycles. The smallest absolute Gasteiger partial charge is 0.253 e. The highest BCUT2D eigenvalue weighted by molar-refractivity contribution is 9.10. The largest absolute Gasteiger partial charge is 0.339 e. The first-order valence-electron chi connectivity index (χ1n) is 7.83. The van der Waals surface area contributed by atoms with Crippen molar-refractivity contribution < 1.29 is 4.79 Å². The van der Waals surface area contributed by atoms with Crippen molar-refractivity contribution in [2.24, 2.45) is 0 Å². The molecule has 0 saturated carbocycles. The van der Waals surface area contributed by atoms with Crippen molar-refractivity contribution in [3.63, 3.8) is 0 Å². The molecule has 0 radical (unpaired) electrons. The number of rotatable bonds is 9. The van der Waals surface area contributed by atoms with Crippen LogP contribution >= 0.6 is 27.5 Å². The fraction of sp³-hybridized carbons (Fsp3) is 0.588. The summed E-state index contributed by atoms with van der Waals surface area (Å²) in [7, 11) is 0. The van der Waals surface area contributed by atoms with Crippen molar-refractivity contribution >= 4 is 33.4 Å². The molecule has 118 valence electrons. The second kappa shape index (κ2) is 10.2. The molecule has 0 atom stereocenters. The lowest BCUT2D eigenvalue weighted by atomic mass is 10.1. The number of hydrogen-bond acceptors (Lipinski definition) is 1. The van der Waals surface area contributed by atoms with Crippen LogP contribution < -0.4 is 0 Å². The van der Waals surface area contributed by atoms with E-state index in [2.05, 4.69) is 29.8 Å². The topological polar surface area (TPSA) is 20.3 Å². The first-order chi connectivity index (χ1) is 10.1. The molecule has 4 heteroatoms. The molecule has 0 fully saturated rings. The maximum Gasteiger partial charge on any atom is 0.253 e. The Morgan fingerprint density at radius 2 is 1.62 bits per heavy atom. The first kappa shape index (κ1) is 18.5. The number of amides is 1. The maximum absolute atomic E-state index is 12.7. The summed E-state index contributed by atoms with van der Waals surface area (Å²) in [5, 5.41) is 0.592. The Morgan fingerprint density at radius 3 is 2.10 bits per heavy atom. The molecule has 1 amide bonds. The van der Waals surface area contributed by atoms with Crippen LogP contribution in [-0.2, 0) is 0 Å². The molecule has 1 aromatic rings. The van der Waals surface area contributed by atoms with Crippen LogP contribution in [-0.4, -0.2) is 23.9 Å². The van der Waals surface area contributed by atoms with Crippen LogP contribution in [0.5, 0.6) is 0 Å². The zero-order valence-electron chi connectivity index (χ0n) is 13.0. The molecule has 0 spiro atoms. The number of halogens is 2. The molecule has 1 rings (SSSR count). The lowest BCUT2D eigenvalue weighted by Crippen LogP contribution is -2.33. The number of carbonyl (C=O) groups is 1. The molecule has 0 saturated heterocycles. The first-order valence-corrected chi connectivity index (χ1v) is 9.01. The van der Waals surface area contributed by atoms with Gasteiger partial charge in [-0.3, -0.25) is 4.79 Å². The summed E-state index contributed by atoms with van der Waals surface area (Å²) in [4.78, 5) is 14.7. The standard InChI is InChI=1S/C17H25BrClNO/c1-3-5-7-9-20(10-8-6-4-2)17(21)14-11-15(18)13-16(19)12-14/h11-13H,3-10H2,1-2H3. The number of hydrogen-bond donors (Lipinski definition) is 0. The molecule has 0 aliphatic rings. The Kier molecular flexibility index (Phi) is 9.02. The van der Waals surface area contributed by atoms with Crippen LogP contribution in [0.4, 0.5) is 0 Å². The van der Waals surface area contributed by atoms with E-state index in [1.165, 1.54) is 12.8 Å². The van der Waals surface area contributed by atoms with Crippen molar-refractivity contribution in [1.29, 1.82) is 0 Å². The van der Waals surface area contributed by atoms with Gasteiger partial charge in [-0.2, -0.15) is 0 Å². The normalized spacial score (nSPS) is 10.7. The van der Waals surface area contributed by atoms with E-state index < -0.39 is 0 Å². The number of carbonyl (C=O) groups excluding carboxylic acids is 1. The average Bonchev–Trinajstić information content (AvgIpc) is 2.44. The van der Waals surface area contributed by atoms with Crippen LogP contribution in [0, 0.1) is 0 Å². The van der Waals surface area contributed by atoms with Crippen LogP contribution in [0.1, 0.15) is 62.7 Å². The predicted octanol–water partition coefficient (Wildman–Crippen LogP) is 5.93. The fourth-order valence-corrected chi connectivity index (χ4v) is 3.14. The monoisotopic (exact) mass is 373 g/mol. The van der Waals surface area contributed by atoms with Crippen molar-refractivity contribution in [3.8, 4) is 0 Å². The Morgan fingerprint density at radius 1 is 1.05 bits per heavy atom. The van der Waals surface area contributed by atoms with Gasteiger partial charge in [0, 0.05) is 28.1 Å². The van der Waals surface area contributed by atoms with E-state index in [0.29, 0.717) is 10.6 Å². The van der Waals surface area contributed by atoms with Gasteiger partial charge in [-0.1, -0.05) is 67.1 Å². The summed E-state index contributed by atoms with van der Waals surface area (Å²) in [6.45, 7) is 6.02. The van der Waals surface area contributed by atoms with Crippen LogP contribution in [0.2, 0.25) is 5.02 Å². The van der Waals surface area contributed by atoms with Gasteiger partial charge in [-0.05, 0) is 31.0 Å². The SMILES string of the molecule is CCCCCN(CCCCC)C(=O)c1cc(Cl)cc(Br)c1. The number of unbranched alkanes of at least 4 members (excludes halogenated alkanes) is 4. The molecular formula is C17H25BrClNO. The number of nitrogens with zero attached hydrogens (tertiary/aromatic N) is 1. The van der Waals surface area contributed by atoms with Gasteiger partial charge in [0.25, 0.3) is 5.91 Å². The highest BCUT2D eigenvalue weighted by atomic mass is 79.9. The lowest BCUT2D eigenvalue weighted by Gasteiger charge is -2.23. The maximum atomic E-state index is 12.7. The van der Waals surface area contributed by atoms with E-state index in [9.17, 15) is 4.79 Å². The molecule has 2 nitrogen and oxygen atoms in total. The summed E-state index contributed by atoms with van der Waals surface area (Å²) >= 11 is 9.45. The molecule has 0 aliphatic heterocycles. The average molecular weight is 375 g/mol. The minimum absolute atomic E-state index is 0.0883. The molecule has 0 aromatic heterocycles. The van der Waals surface area contributed by atoms with E-state index in [4.69, 9.17) is 11.6 Å². The summed E-state index contributed by atoms with van der Waals surface area (Å²) < 4.78 is 0.848. The van der Waals surface area contributed by atoms with Gasteiger partial charge in [0.1, 0.15) is 0 Å². The summed E-state index contributed by atoms with van der Waals surface area (Å²) in [5.41, 5.74) is 0.669. The molecule has 0 N–H and O–H groups in total. The van der Waals surface area contributed by atoms with Gasteiger partial charge in [0.05, 0.1) is 0 Å². The molecule has 21 heavy (non-hydrogen) atoms. The van der Waals surface area contributed by atoms with Gasteiger partial charge in [-0.25, -0.2) is 0 Å². The van der Waals surface area contributed by atoms with E-state index in [1.807, 2.05) is 11.0 Å². The van der Waals surface area contributed by atoms with Gasteiger partial charge < -0.3 is 4.90 Å². The molecule has 0 bridgehead atoms. The van der Waals surface area contributed by atoms with Crippen LogP contribution in [0.3, 0.4) is 0 Å². The Bertz CT molecular complexity index is 420. The third kappa shape index (κ3) is 6.84. The van der Waals surface area contributed by atoms with Crippen molar-refractivity contribution in [2.75, 3.05) is 13.1 Å². The highest BCUT2D eigenvalue weighted by Crippen LogP contribution is 2.21. The molecule has 0 unspecified atom stereocenters. The molecular weight excluding hydrogens is 350 g/mol. The Labute approximate surface area is 142 Å². The van der Waals surface area contributed by atoms with Crippen molar-refractivity contribution in [3.05, 3.63) is 33.3 Å². The fourth-order valence-electron chi connectivity index (χ4n) is 2.28. The Hall–Kier alpha value is -0.540. The summed E-state index contributed by atoms with van der Waals surface area (Å²) in [6.07, 6.45) is 6.79. The van der Waals surface area contributed by atoms with Crippen molar-refractivity contribution in [2.45, 2.75) is 52.4 Å². The summed E-state index contributed by atoms with van der Waals surface area (Å²) in [6, 6.07) is 5.40. The second-order valence-electron chi connectivity index (χ2n) is 5.36.